The maximum absolute atomic E-state index is 13.1. The summed E-state index contributed by atoms with van der Waals surface area (Å²) in [6.07, 6.45) is 0.487. The van der Waals surface area contributed by atoms with Gasteiger partial charge in [-0.3, -0.25) is 14.5 Å². The molecular formula is C21H32N4O5S. The van der Waals surface area contributed by atoms with Gasteiger partial charge in [0.25, 0.3) is 11.8 Å². The van der Waals surface area contributed by atoms with Gasteiger partial charge in [-0.25, -0.2) is 0 Å². The molecule has 1 aliphatic rings. The number of nitrogens with one attached hydrogen (secondary N) is 2. The Kier molecular flexibility index (Phi) is 8.08. The number of hydrogen-bond donors (Lipinski definition) is 4. The Morgan fingerprint density at radius 3 is 2.26 bits per heavy atom. The van der Waals surface area contributed by atoms with E-state index < -0.39 is 16.8 Å². The number of amides is 2. The molecule has 1 unspecified atom stereocenters. The third kappa shape index (κ3) is 5.76. The second-order valence-electron chi connectivity index (χ2n) is 7.82. The molecule has 0 spiro atoms. The van der Waals surface area contributed by atoms with Crippen LogP contribution in [0.5, 0.6) is 17.2 Å². The Morgan fingerprint density at radius 1 is 1.19 bits per heavy atom. The highest BCUT2D eigenvalue weighted by Gasteiger charge is 2.39. The number of thioether (sulfide) groups is 1. The fourth-order valence-corrected chi connectivity index (χ4v) is 4.52. The van der Waals surface area contributed by atoms with Crippen LogP contribution in [-0.2, 0) is 4.79 Å². The summed E-state index contributed by atoms with van der Waals surface area (Å²) in [7, 11) is 2.89. The number of phenolic OH excluding ortho intramolecular Hbond substituents is 1. The van der Waals surface area contributed by atoms with E-state index in [1.54, 1.807) is 5.41 Å². The number of carbonyl (C=O) groups is 2. The van der Waals surface area contributed by atoms with Gasteiger partial charge in [-0.2, -0.15) is 0 Å². The van der Waals surface area contributed by atoms with Crippen LogP contribution in [0.4, 0.5) is 0 Å². The molecule has 1 aliphatic heterocycles. The van der Waals surface area contributed by atoms with Crippen LogP contribution < -0.4 is 25.8 Å². The van der Waals surface area contributed by atoms with Crippen molar-refractivity contribution in [3.63, 3.8) is 0 Å². The third-order valence-electron chi connectivity index (χ3n) is 5.09. The van der Waals surface area contributed by atoms with Gasteiger partial charge in [-0.15, -0.1) is 0 Å². The number of carbonyl (C=O) groups excluding carboxylic acids is 2. The van der Waals surface area contributed by atoms with Gasteiger partial charge in [0.2, 0.25) is 0 Å². The molecule has 0 bridgehead atoms. The summed E-state index contributed by atoms with van der Waals surface area (Å²) >= 11 is 1.27. The van der Waals surface area contributed by atoms with Crippen LogP contribution in [0.3, 0.4) is 0 Å². The zero-order chi connectivity index (χ0) is 23.3. The number of phenols is 1. The summed E-state index contributed by atoms with van der Waals surface area (Å²) in [5.41, 5.74) is 5.68. The zero-order valence-electron chi connectivity index (χ0n) is 18.8. The lowest BCUT2D eigenvalue weighted by atomic mass is 10.1. The molecule has 0 aromatic heterocycles. The van der Waals surface area contributed by atoms with Crippen LogP contribution in [0.25, 0.3) is 0 Å². The van der Waals surface area contributed by atoms with Gasteiger partial charge in [0.1, 0.15) is 11.4 Å². The van der Waals surface area contributed by atoms with E-state index in [1.807, 2.05) is 0 Å². The molecule has 5 N–H and O–H groups in total. The highest BCUT2D eigenvalue weighted by molar-refractivity contribution is 8.03. The van der Waals surface area contributed by atoms with Gasteiger partial charge < -0.3 is 30.9 Å². The fourth-order valence-electron chi connectivity index (χ4n) is 3.50. The monoisotopic (exact) mass is 452 g/mol. The van der Waals surface area contributed by atoms with Crippen molar-refractivity contribution in [3.05, 3.63) is 28.8 Å². The van der Waals surface area contributed by atoms with Gasteiger partial charge in [-0.1, -0.05) is 11.8 Å². The SMILES string of the molecule is COc1cc(O)c(C(=O)NC2(CCN(C(C)C)C(C)C)NC(C(N)=O)=CS2)cc1OC. The first-order valence-electron chi connectivity index (χ1n) is 10.0. The molecule has 1 atom stereocenters. The fraction of sp³-hybridized carbons (Fsp3) is 0.524. The number of ether oxygens (including phenoxy) is 2. The van der Waals surface area contributed by atoms with Crippen LogP contribution in [0.15, 0.2) is 23.2 Å². The lowest BCUT2D eigenvalue weighted by molar-refractivity contribution is -0.115. The number of nitrogens with zero attached hydrogens (tertiary/aromatic N) is 1. The van der Waals surface area contributed by atoms with E-state index in [-0.39, 0.29) is 17.0 Å². The topological polar surface area (TPSA) is 126 Å². The van der Waals surface area contributed by atoms with E-state index in [2.05, 4.69) is 43.2 Å². The number of methoxy groups -OCH3 is 2. The quantitative estimate of drug-likeness (QED) is 0.424. The van der Waals surface area contributed by atoms with Gasteiger partial charge in [0.05, 0.1) is 19.8 Å². The highest BCUT2D eigenvalue weighted by atomic mass is 32.2. The molecule has 31 heavy (non-hydrogen) atoms. The first-order valence-corrected chi connectivity index (χ1v) is 10.9. The van der Waals surface area contributed by atoms with Crippen molar-refractivity contribution in [2.24, 2.45) is 5.73 Å². The van der Waals surface area contributed by atoms with E-state index in [9.17, 15) is 14.7 Å². The van der Waals surface area contributed by atoms with Crippen molar-refractivity contribution in [3.8, 4) is 17.2 Å². The van der Waals surface area contributed by atoms with Gasteiger partial charge in [0.15, 0.2) is 16.5 Å². The second kappa shape index (κ2) is 10.1. The molecular weight excluding hydrogens is 420 g/mol. The van der Waals surface area contributed by atoms with Crippen LogP contribution >= 0.6 is 11.8 Å². The molecule has 0 aliphatic carbocycles. The maximum Gasteiger partial charge on any atom is 0.265 e. The summed E-state index contributed by atoms with van der Waals surface area (Å²) in [4.78, 5) is 26.1. The van der Waals surface area contributed by atoms with E-state index in [4.69, 9.17) is 15.2 Å². The molecule has 1 aromatic carbocycles. The van der Waals surface area contributed by atoms with E-state index in [0.29, 0.717) is 36.5 Å². The smallest absolute Gasteiger partial charge is 0.265 e. The molecule has 1 aromatic rings. The van der Waals surface area contributed by atoms with E-state index >= 15 is 0 Å². The van der Waals surface area contributed by atoms with Crippen molar-refractivity contribution < 1.29 is 24.2 Å². The van der Waals surface area contributed by atoms with Crippen molar-refractivity contribution in [1.82, 2.24) is 15.5 Å². The maximum atomic E-state index is 13.1. The third-order valence-corrected chi connectivity index (χ3v) is 6.25. The molecule has 10 heteroatoms. The minimum absolute atomic E-state index is 0.0246. The Morgan fingerprint density at radius 2 is 1.77 bits per heavy atom. The second-order valence-corrected chi connectivity index (χ2v) is 8.99. The first-order chi connectivity index (χ1) is 14.5. The van der Waals surface area contributed by atoms with Crippen LogP contribution in [0, 0.1) is 0 Å². The molecule has 2 amide bonds. The first kappa shape index (κ1) is 24.7. The molecule has 2 rings (SSSR count). The van der Waals surface area contributed by atoms with Gasteiger partial charge >= 0.3 is 0 Å². The van der Waals surface area contributed by atoms with Crippen molar-refractivity contribution in [1.29, 1.82) is 0 Å². The summed E-state index contributed by atoms with van der Waals surface area (Å²) in [5, 5.41) is 17.9. The van der Waals surface area contributed by atoms with E-state index in [0.717, 1.165) is 0 Å². The number of nitrogens with two attached hydrogens (primary N) is 1. The van der Waals surface area contributed by atoms with Crippen LogP contribution in [0.2, 0.25) is 0 Å². The molecule has 172 valence electrons. The Balaban J connectivity index is 2.30. The molecule has 0 fully saturated rings. The average molecular weight is 453 g/mol. The van der Waals surface area contributed by atoms with Crippen molar-refractivity contribution >= 4 is 23.6 Å². The largest absolute Gasteiger partial charge is 0.507 e. The molecule has 0 saturated heterocycles. The van der Waals surface area contributed by atoms with Crippen molar-refractivity contribution in [2.75, 3.05) is 20.8 Å². The lowest BCUT2D eigenvalue weighted by Crippen LogP contribution is -2.56. The predicted molar refractivity (Wildman–Crippen MR) is 121 cm³/mol. The molecule has 0 saturated carbocycles. The van der Waals surface area contributed by atoms with E-state index in [1.165, 1.54) is 38.1 Å². The minimum Gasteiger partial charge on any atom is -0.507 e. The Labute approximate surface area is 187 Å². The minimum atomic E-state index is -0.997. The molecule has 0 radical (unpaired) electrons. The number of benzene rings is 1. The Hall–Kier alpha value is -2.59. The van der Waals surface area contributed by atoms with Gasteiger partial charge in [-0.05, 0) is 27.7 Å². The normalized spacial score (nSPS) is 18.2. The molecule has 1 heterocycles. The zero-order valence-corrected chi connectivity index (χ0v) is 19.6. The Bertz CT molecular complexity index is 850. The number of primary amides is 1. The number of hydrogen-bond acceptors (Lipinski definition) is 8. The van der Waals surface area contributed by atoms with Crippen LogP contribution in [-0.4, -0.2) is 59.7 Å². The summed E-state index contributed by atoms with van der Waals surface area (Å²) in [5.74, 6) is -0.766. The number of rotatable bonds is 10. The standard InChI is InChI=1S/C21H32N4O5S/c1-12(2)25(13(3)4)8-7-21(23-15(11-31-21)19(22)27)24-20(28)14-9-17(29-5)18(30-6)10-16(14)26/h9-13,23,26H,7-8H2,1-6H3,(H2,22,27)(H,24,28). The summed E-state index contributed by atoms with van der Waals surface area (Å²) in [6, 6.07) is 3.34. The van der Waals surface area contributed by atoms with Crippen molar-refractivity contribution in [2.45, 2.75) is 51.2 Å². The summed E-state index contributed by atoms with van der Waals surface area (Å²) in [6.45, 7) is 9.09. The predicted octanol–water partition coefficient (Wildman–Crippen LogP) is 1.96. The average Bonchev–Trinajstić information content (AvgIpc) is 3.11. The molecule has 9 nitrogen and oxygen atoms in total. The summed E-state index contributed by atoms with van der Waals surface area (Å²) < 4.78 is 10.4. The van der Waals surface area contributed by atoms with Crippen LogP contribution in [0.1, 0.15) is 44.5 Å². The lowest BCUT2D eigenvalue weighted by Gasteiger charge is -2.36. The highest BCUT2D eigenvalue weighted by Crippen LogP contribution is 2.36. The number of aromatic hydroxyl groups is 1. The van der Waals surface area contributed by atoms with Gasteiger partial charge in [0, 0.05) is 42.6 Å².